The Morgan fingerprint density at radius 1 is 1.21 bits per heavy atom. The average Bonchev–Trinajstić information content (AvgIpc) is 3.22. The molecule has 1 aliphatic rings. The fourth-order valence-corrected chi connectivity index (χ4v) is 4.95. The van der Waals surface area contributed by atoms with E-state index in [1.54, 1.807) is 16.8 Å². The monoisotopic (exact) mass is 412 g/mol. The van der Waals surface area contributed by atoms with Crippen molar-refractivity contribution in [3.63, 3.8) is 0 Å². The van der Waals surface area contributed by atoms with Crippen LogP contribution in [0, 0.1) is 12.7 Å². The molecule has 2 aromatic heterocycles. The van der Waals surface area contributed by atoms with Crippen molar-refractivity contribution in [2.45, 2.75) is 19.3 Å². The van der Waals surface area contributed by atoms with Crippen molar-refractivity contribution in [2.24, 2.45) is 0 Å². The van der Waals surface area contributed by atoms with Crippen LogP contribution in [0.2, 0.25) is 5.02 Å². The first-order valence-electron chi connectivity index (χ1n) is 8.72. The number of para-hydroxylation sites is 1. The van der Waals surface area contributed by atoms with E-state index < -0.39 is 11.7 Å². The summed E-state index contributed by atoms with van der Waals surface area (Å²) in [7, 11) is 0. The van der Waals surface area contributed by atoms with Crippen LogP contribution >= 0.6 is 22.9 Å². The second-order valence-corrected chi connectivity index (χ2v) is 8.08. The first kappa shape index (κ1) is 17.3. The van der Waals surface area contributed by atoms with Crippen molar-refractivity contribution in [3.8, 4) is 5.13 Å². The minimum atomic E-state index is -0.499. The molecule has 1 aliphatic heterocycles. The van der Waals surface area contributed by atoms with E-state index in [0.29, 0.717) is 27.2 Å². The normalized spacial score (nSPS) is 16.2. The van der Waals surface area contributed by atoms with Crippen LogP contribution in [0.4, 0.5) is 10.2 Å². The van der Waals surface area contributed by atoms with Gasteiger partial charge in [-0.1, -0.05) is 41.1 Å². The van der Waals surface area contributed by atoms with Crippen molar-refractivity contribution < 1.29 is 9.18 Å². The third-order valence-electron chi connectivity index (χ3n) is 4.91. The maximum Gasteiger partial charge on any atom is 0.226 e. The molecule has 0 bridgehead atoms. The Kier molecular flexibility index (Phi) is 3.96. The van der Waals surface area contributed by atoms with E-state index in [1.165, 1.54) is 17.4 Å². The number of fused-ring (bicyclic) bond motifs is 2. The molecule has 3 heterocycles. The number of hydrogen-bond donors (Lipinski definition) is 1. The smallest absolute Gasteiger partial charge is 0.226 e. The van der Waals surface area contributed by atoms with E-state index in [0.717, 1.165) is 15.8 Å². The SMILES string of the molecule is Cc1nn(-c2nc3ccccc3s2)c2c1C(c1c(F)cccc1Cl)CC(=O)N2. The summed E-state index contributed by atoms with van der Waals surface area (Å²) in [6.07, 6.45) is 0.111. The van der Waals surface area contributed by atoms with Gasteiger partial charge in [-0.3, -0.25) is 4.79 Å². The van der Waals surface area contributed by atoms with Gasteiger partial charge in [0.15, 0.2) is 0 Å². The largest absolute Gasteiger partial charge is 0.310 e. The lowest BCUT2D eigenvalue weighted by molar-refractivity contribution is -0.116. The van der Waals surface area contributed by atoms with Gasteiger partial charge >= 0.3 is 0 Å². The zero-order chi connectivity index (χ0) is 19.4. The zero-order valence-electron chi connectivity index (χ0n) is 14.7. The molecule has 0 saturated heterocycles. The number of halogens is 2. The Balaban J connectivity index is 1.72. The Morgan fingerprint density at radius 2 is 2.04 bits per heavy atom. The molecule has 1 atom stereocenters. The molecule has 28 heavy (non-hydrogen) atoms. The van der Waals surface area contributed by atoms with Crippen LogP contribution in [0.1, 0.15) is 29.2 Å². The second kappa shape index (κ2) is 6.39. The number of benzene rings is 2. The Labute approximate surface area is 168 Å². The number of thiazole rings is 1. The van der Waals surface area contributed by atoms with Crippen molar-refractivity contribution in [2.75, 3.05) is 5.32 Å². The van der Waals surface area contributed by atoms with Crippen LogP contribution in [0.25, 0.3) is 15.3 Å². The van der Waals surface area contributed by atoms with Gasteiger partial charge in [-0.25, -0.2) is 9.37 Å². The van der Waals surface area contributed by atoms with Gasteiger partial charge in [0.25, 0.3) is 0 Å². The molecular formula is C20H14ClFN4OS. The number of rotatable bonds is 2. The molecule has 4 aromatic rings. The molecule has 2 aromatic carbocycles. The molecule has 5 nitrogen and oxygen atoms in total. The maximum absolute atomic E-state index is 14.6. The first-order valence-corrected chi connectivity index (χ1v) is 9.91. The number of aromatic nitrogens is 3. The number of carbonyl (C=O) groups excluding carboxylic acids is 1. The van der Waals surface area contributed by atoms with E-state index in [4.69, 9.17) is 11.6 Å². The number of hydrogen-bond acceptors (Lipinski definition) is 4. The van der Waals surface area contributed by atoms with Crippen LogP contribution in [-0.2, 0) is 4.79 Å². The number of carbonyl (C=O) groups is 1. The van der Waals surface area contributed by atoms with Gasteiger partial charge in [0, 0.05) is 28.5 Å². The number of nitrogens with one attached hydrogen (secondary N) is 1. The number of aryl methyl sites for hydroxylation is 1. The lowest BCUT2D eigenvalue weighted by Crippen LogP contribution is -2.25. The minimum Gasteiger partial charge on any atom is -0.310 e. The maximum atomic E-state index is 14.6. The molecule has 140 valence electrons. The molecule has 0 fully saturated rings. The van der Waals surface area contributed by atoms with Crippen LogP contribution < -0.4 is 5.32 Å². The summed E-state index contributed by atoms with van der Waals surface area (Å²) in [4.78, 5) is 17.1. The summed E-state index contributed by atoms with van der Waals surface area (Å²) in [5.74, 6) is -0.609. The molecule has 8 heteroatoms. The van der Waals surface area contributed by atoms with Gasteiger partial charge in [0.05, 0.1) is 15.9 Å². The first-order chi connectivity index (χ1) is 13.5. The third kappa shape index (κ3) is 2.62. The van der Waals surface area contributed by atoms with Gasteiger partial charge in [0.2, 0.25) is 11.0 Å². The molecule has 5 rings (SSSR count). The Bertz CT molecular complexity index is 1200. The Hall–Kier alpha value is -2.77. The lowest BCUT2D eigenvalue weighted by atomic mass is 9.85. The Morgan fingerprint density at radius 3 is 2.82 bits per heavy atom. The van der Waals surface area contributed by atoms with Crippen molar-refractivity contribution in [3.05, 3.63) is 70.1 Å². The second-order valence-electron chi connectivity index (χ2n) is 6.66. The lowest BCUT2D eigenvalue weighted by Gasteiger charge is -2.25. The summed E-state index contributed by atoms with van der Waals surface area (Å²) in [6.45, 7) is 1.85. The van der Waals surface area contributed by atoms with Crippen molar-refractivity contribution >= 4 is 44.9 Å². The van der Waals surface area contributed by atoms with Crippen LogP contribution in [0.15, 0.2) is 42.5 Å². The van der Waals surface area contributed by atoms with E-state index in [-0.39, 0.29) is 12.3 Å². The summed E-state index contributed by atoms with van der Waals surface area (Å²) in [6, 6.07) is 12.3. The fourth-order valence-electron chi connectivity index (χ4n) is 3.73. The van der Waals surface area contributed by atoms with Gasteiger partial charge < -0.3 is 5.32 Å². The summed E-state index contributed by atoms with van der Waals surface area (Å²) >= 11 is 7.78. The van der Waals surface area contributed by atoms with Gasteiger partial charge in [-0.05, 0) is 31.2 Å². The molecule has 1 N–H and O–H groups in total. The topological polar surface area (TPSA) is 59.8 Å². The van der Waals surface area contributed by atoms with E-state index >= 15 is 0 Å². The molecule has 0 spiro atoms. The standard InChI is InChI=1S/C20H14ClFN4OS/c1-10-17-11(18-12(21)5-4-6-13(18)22)9-16(27)24-19(17)26(25-10)20-23-14-7-2-3-8-15(14)28-20/h2-8,11H,9H2,1H3,(H,24,27). The van der Waals surface area contributed by atoms with Crippen molar-refractivity contribution in [1.82, 2.24) is 14.8 Å². The zero-order valence-corrected chi connectivity index (χ0v) is 16.3. The highest BCUT2D eigenvalue weighted by atomic mass is 35.5. The highest BCUT2D eigenvalue weighted by molar-refractivity contribution is 7.20. The third-order valence-corrected chi connectivity index (χ3v) is 6.26. The average molecular weight is 413 g/mol. The quantitative estimate of drug-likeness (QED) is 0.500. The minimum absolute atomic E-state index is 0.111. The van der Waals surface area contributed by atoms with Crippen LogP contribution in [-0.4, -0.2) is 20.7 Å². The van der Waals surface area contributed by atoms with Crippen molar-refractivity contribution in [1.29, 1.82) is 0 Å². The highest BCUT2D eigenvalue weighted by Gasteiger charge is 2.35. The predicted octanol–water partition coefficient (Wildman–Crippen LogP) is 5.06. The molecule has 1 unspecified atom stereocenters. The van der Waals surface area contributed by atoms with E-state index in [1.807, 2.05) is 31.2 Å². The van der Waals surface area contributed by atoms with E-state index in [2.05, 4.69) is 15.4 Å². The van der Waals surface area contributed by atoms with Crippen LogP contribution in [0.5, 0.6) is 0 Å². The molecule has 1 amide bonds. The molecule has 0 saturated carbocycles. The predicted molar refractivity (Wildman–Crippen MR) is 108 cm³/mol. The van der Waals surface area contributed by atoms with Gasteiger partial charge in [-0.15, -0.1) is 0 Å². The summed E-state index contributed by atoms with van der Waals surface area (Å²) in [5, 5.41) is 8.45. The fraction of sp³-hybridized carbons (Fsp3) is 0.150. The van der Waals surface area contributed by atoms with E-state index in [9.17, 15) is 9.18 Å². The molecule has 0 aliphatic carbocycles. The summed E-state index contributed by atoms with van der Waals surface area (Å²) < 4.78 is 17.3. The summed E-state index contributed by atoms with van der Waals surface area (Å²) in [5.41, 5.74) is 2.66. The van der Waals surface area contributed by atoms with Gasteiger partial charge in [0.1, 0.15) is 11.6 Å². The highest BCUT2D eigenvalue weighted by Crippen LogP contribution is 2.43. The number of anilines is 1. The molecular weight excluding hydrogens is 399 g/mol. The molecule has 0 radical (unpaired) electrons. The number of nitrogens with zero attached hydrogens (tertiary/aromatic N) is 3. The number of amides is 1. The van der Waals surface area contributed by atoms with Gasteiger partial charge in [-0.2, -0.15) is 9.78 Å². The van der Waals surface area contributed by atoms with Crippen LogP contribution in [0.3, 0.4) is 0 Å².